The molecule has 3 nitrogen and oxygen atoms in total. The van der Waals surface area contributed by atoms with Crippen LogP contribution < -0.4 is 15.3 Å². The van der Waals surface area contributed by atoms with Crippen molar-refractivity contribution in [1.82, 2.24) is 0 Å². The molecule has 1 aliphatic rings. The number of carbonyl (C=O) groups excluding carboxylic acids is 2. The van der Waals surface area contributed by atoms with Crippen molar-refractivity contribution in [2.75, 3.05) is 4.90 Å². The normalized spacial score (nSPS) is 13.5. The lowest BCUT2D eigenvalue weighted by Crippen LogP contribution is -2.66. The Morgan fingerprint density at radius 1 is 0.500 bits per heavy atom. The molecule has 1 aliphatic heterocycles. The summed E-state index contributed by atoms with van der Waals surface area (Å²) in [4.78, 5) is 30.7. The first-order valence-corrected chi connectivity index (χ1v) is 16.8. The second-order valence-electron chi connectivity index (χ2n) is 11.6. The zero-order valence-corrected chi connectivity index (χ0v) is 25.5. The molecule has 0 radical (unpaired) electrons. The molecule has 0 N–H and O–H groups in total. The van der Waals surface area contributed by atoms with Crippen LogP contribution in [0.4, 0.5) is 17.1 Å². The standard InChI is InChI=1S/C38H35NO2Si/c1-26(2)42(27(3)4)34-24-13-11-22-32(34)39(33-23-12-14-25-35(33)42)36-30(37(40)28-16-7-5-8-17-28)20-15-21-31(36)38(41)29-18-9-6-10-19-29/h5-27H,1-4H3. The first-order chi connectivity index (χ1) is 20.4. The Hall–Kier alpha value is -4.54. The Bertz CT molecular complexity index is 1650. The van der Waals surface area contributed by atoms with Gasteiger partial charge in [0.2, 0.25) is 0 Å². The summed E-state index contributed by atoms with van der Waals surface area (Å²) in [6.45, 7) is 9.42. The maximum absolute atomic E-state index is 14.3. The molecule has 5 aromatic carbocycles. The maximum Gasteiger partial charge on any atom is 0.195 e. The molecule has 0 saturated heterocycles. The quantitative estimate of drug-likeness (QED) is 0.147. The van der Waals surface area contributed by atoms with Crippen LogP contribution in [0, 0.1) is 0 Å². The van der Waals surface area contributed by atoms with Crippen LogP contribution >= 0.6 is 0 Å². The zero-order chi connectivity index (χ0) is 29.4. The molecule has 1 heterocycles. The van der Waals surface area contributed by atoms with E-state index >= 15 is 0 Å². The van der Waals surface area contributed by atoms with Crippen LogP contribution in [0.5, 0.6) is 0 Å². The Balaban J connectivity index is 1.71. The highest BCUT2D eigenvalue weighted by Crippen LogP contribution is 2.47. The Kier molecular flexibility index (Phi) is 7.25. The molecule has 0 fully saturated rings. The molecular weight excluding hydrogens is 531 g/mol. The molecule has 208 valence electrons. The van der Waals surface area contributed by atoms with Crippen molar-refractivity contribution in [3.8, 4) is 0 Å². The van der Waals surface area contributed by atoms with Gasteiger partial charge in [-0.05, 0) is 45.7 Å². The summed E-state index contributed by atoms with van der Waals surface area (Å²) < 4.78 is 0. The number of carbonyl (C=O) groups is 2. The SMILES string of the molecule is CC(C)[Si]1(C(C)C)c2ccccc2N(c2c(C(=O)c3ccccc3)cccc2C(=O)c2ccccc2)c2ccccc21. The lowest BCUT2D eigenvalue weighted by Gasteiger charge is -2.49. The Labute approximate surface area is 249 Å². The number of fused-ring (bicyclic) bond motifs is 2. The lowest BCUT2D eigenvalue weighted by molar-refractivity contribution is 0.103. The van der Waals surface area contributed by atoms with Crippen LogP contribution in [0.25, 0.3) is 0 Å². The predicted octanol–water partition coefficient (Wildman–Crippen LogP) is 8.31. The van der Waals surface area contributed by atoms with E-state index in [4.69, 9.17) is 0 Å². The van der Waals surface area contributed by atoms with Gasteiger partial charge in [-0.2, -0.15) is 0 Å². The van der Waals surface area contributed by atoms with Gasteiger partial charge < -0.3 is 4.90 Å². The van der Waals surface area contributed by atoms with E-state index in [9.17, 15) is 9.59 Å². The molecule has 0 amide bonds. The van der Waals surface area contributed by atoms with Crippen LogP contribution in [0.3, 0.4) is 0 Å². The van der Waals surface area contributed by atoms with E-state index in [0.29, 0.717) is 39.0 Å². The number of ketones is 2. The molecule has 0 atom stereocenters. The highest BCUT2D eigenvalue weighted by Gasteiger charge is 2.50. The van der Waals surface area contributed by atoms with Crippen molar-refractivity contribution in [3.05, 3.63) is 150 Å². The van der Waals surface area contributed by atoms with Crippen LogP contribution in [0.2, 0.25) is 11.1 Å². The van der Waals surface area contributed by atoms with Crippen molar-refractivity contribution >= 4 is 47.1 Å². The average Bonchev–Trinajstić information content (AvgIpc) is 3.03. The second-order valence-corrected chi connectivity index (χ2v) is 16.8. The summed E-state index contributed by atoms with van der Waals surface area (Å²) in [7, 11) is -2.28. The fraction of sp³-hybridized carbons (Fsp3) is 0.158. The van der Waals surface area contributed by atoms with Gasteiger partial charge in [0.25, 0.3) is 0 Å². The number of hydrogen-bond donors (Lipinski definition) is 0. The molecule has 0 spiro atoms. The second kappa shape index (κ2) is 11.0. The van der Waals surface area contributed by atoms with E-state index in [1.165, 1.54) is 10.4 Å². The molecule has 0 saturated carbocycles. The number of hydrogen-bond acceptors (Lipinski definition) is 3. The molecule has 5 aromatic rings. The van der Waals surface area contributed by atoms with Gasteiger partial charge in [0.05, 0.1) is 5.69 Å². The van der Waals surface area contributed by atoms with E-state index in [1.807, 2.05) is 78.9 Å². The third-order valence-electron chi connectivity index (χ3n) is 8.82. The van der Waals surface area contributed by atoms with Crippen molar-refractivity contribution in [3.63, 3.8) is 0 Å². The summed E-state index contributed by atoms with van der Waals surface area (Å²) >= 11 is 0. The molecule has 42 heavy (non-hydrogen) atoms. The molecule has 0 aromatic heterocycles. The summed E-state index contributed by atoms with van der Waals surface area (Å²) in [6.07, 6.45) is 0. The highest BCUT2D eigenvalue weighted by atomic mass is 28.3. The van der Waals surface area contributed by atoms with Crippen LogP contribution in [0.1, 0.15) is 59.5 Å². The summed E-state index contributed by atoms with van der Waals surface area (Å²) in [6, 6.07) is 41.5. The fourth-order valence-corrected chi connectivity index (χ4v) is 13.2. The number of nitrogens with zero attached hydrogens (tertiary/aromatic N) is 1. The van der Waals surface area contributed by atoms with Crippen molar-refractivity contribution in [2.24, 2.45) is 0 Å². The van der Waals surface area contributed by atoms with E-state index in [0.717, 1.165) is 11.4 Å². The van der Waals surface area contributed by atoms with Gasteiger partial charge in [0, 0.05) is 33.6 Å². The largest absolute Gasteiger partial charge is 0.309 e. The van der Waals surface area contributed by atoms with Crippen molar-refractivity contribution in [2.45, 2.75) is 38.8 Å². The molecule has 6 rings (SSSR count). The van der Waals surface area contributed by atoms with Crippen molar-refractivity contribution < 1.29 is 9.59 Å². The minimum atomic E-state index is -2.28. The van der Waals surface area contributed by atoms with Gasteiger partial charge >= 0.3 is 0 Å². The molecule has 4 heteroatoms. The van der Waals surface area contributed by atoms with Crippen LogP contribution in [0.15, 0.2) is 127 Å². The topological polar surface area (TPSA) is 37.4 Å². The van der Waals surface area contributed by atoms with E-state index < -0.39 is 8.07 Å². The molecule has 0 unspecified atom stereocenters. The summed E-state index contributed by atoms with van der Waals surface area (Å²) in [5.41, 5.74) is 5.83. The predicted molar refractivity (Wildman–Crippen MR) is 176 cm³/mol. The van der Waals surface area contributed by atoms with E-state index in [-0.39, 0.29) is 11.6 Å². The third kappa shape index (κ3) is 4.26. The van der Waals surface area contributed by atoms with Gasteiger partial charge in [-0.3, -0.25) is 9.59 Å². The fourth-order valence-electron chi connectivity index (χ4n) is 7.10. The molecule has 0 bridgehead atoms. The monoisotopic (exact) mass is 565 g/mol. The molecular formula is C38H35NO2Si. The van der Waals surface area contributed by atoms with Crippen LogP contribution in [-0.2, 0) is 0 Å². The number of anilines is 3. The van der Waals surface area contributed by atoms with Crippen LogP contribution in [-0.4, -0.2) is 19.6 Å². The average molecular weight is 566 g/mol. The Morgan fingerprint density at radius 3 is 1.29 bits per heavy atom. The van der Waals surface area contributed by atoms with Gasteiger partial charge in [0.15, 0.2) is 11.6 Å². The third-order valence-corrected chi connectivity index (χ3v) is 15.1. The van der Waals surface area contributed by atoms with Gasteiger partial charge in [-0.25, -0.2) is 0 Å². The Morgan fingerprint density at radius 2 is 0.881 bits per heavy atom. The summed E-state index contributed by atoms with van der Waals surface area (Å²) in [5.74, 6) is -0.213. The first-order valence-electron chi connectivity index (χ1n) is 14.7. The zero-order valence-electron chi connectivity index (χ0n) is 24.5. The smallest absolute Gasteiger partial charge is 0.195 e. The first kappa shape index (κ1) is 27.6. The number of rotatable bonds is 7. The van der Waals surface area contributed by atoms with Gasteiger partial charge in [-0.15, -0.1) is 0 Å². The number of para-hydroxylation sites is 3. The minimum Gasteiger partial charge on any atom is -0.309 e. The maximum atomic E-state index is 14.3. The van der Waals surface area contributed by atoms with E-state index in [2.05, 4.69) is 81.1 Å². The molecule has 0 aliphatic carbocycles. The van der Waals surface area contributed by atoms with Gasteiger partial charge in [0.1, 0.15) is 8.07 Å². The summed E-state index contributed by atoms with van der Waals surface area (Å²) in [5, 5.41) is 2.68. The highest BCUT2D eigenvalue weighted by molar-refractivity contribution is 7.06. The van der Waals surface area contributed by atoms with E-state index in [1.54, 1.807) is 0 Å². The number of benzene rings is 5. The van der Waals surface area contributed by atoms with Crippen molar-refractivity contribution in [1.29, 1.82) is 0 Å². The lowest BCUT2D eigenvalue weighted by atomic mass is 9.93. The van der Waals surface area contributed by atoms with Gasteiger partial charge in [-0.1, -0.05) is 131 Å². The minimum absolute atomic E-state index is 0.106.